The number of aryl methyl sites for hydroxylation is 1. The van der Waals surface area contributed by atoms with E-state index in [0.717, 1.165) is 6.07 Å². The van der Waals surface area contributed by atoms with Crippen molar-refractivity contribution in [2.45, 2.75) is 6.54 Å². The topological polar surface area (TPSA) is 80.0 Å². The number of carbonyl (C=O) groups excluding carboxylic acids is 1. The fourth-order valence-corrected chi connectivity index (χ4v) is 1.64. The molecule has 1 aromatic carbocycles. The molecule has 7 heteroatoms. The van der Waals surface area contributed by atoms with E-state index in [4.69, 9.17) is 5.11 Å². The van der Waals surface area contributed by atoms with E-state index in [1.807, 2.05) is 0 Å². The second-order valence-corrected chi connectivity index (χ2v) is 4.17. The van der Waals surface area contributed by atoms with Gasteiger partial charge >= 0.3 is 0 Å². The van der Waals surface area contributed by atoms with Gasteiger partial charge in [0.2, 0.25) is 0 Å². The number of amides is 1. The second-order valence-electron chi connectivity index (χ2n) is 4.17. The van der Waals surface area contributed by atoms with Gasteiger partial charge in [0.15, 0.2) is 5.82 Å². The van der Waals surface area contributed by atoms with Crippen LogP contribution >= 0.6 is 0 Å². The summed E-state index contributed by atoms with van der Waals surface area (Å²) in [4.78, 5) is 15.9. The number of aromatic nitrogens is 3. The number of aliphatic hydroxyl groups is 1. The molecule has 2 N–H and O–H groups in total. The Kier molecular flexibility index (Phi) is 4.64. The van der Waals surface area contributed by atoms with Crippen molar-refractivity contribution < 1.29 is 14.3 Å². The summed E-state index contributed by atoms with van der Waals surface area (Å²) in [6, 6.07) is 3.93. The van der Waals surface area contributed by atoms with Gasteiger partial charge in [-0.3, -0.25) is 9.48 Å². The van der Waals surface area contributed by atoms with Crippen molar-refractivity contribution in [1.29, 1.82) is 0 Å². The van der Waals surface area contributed by atoms with Gasteiger partial charge in [-0.05, 0) is 18.2 Å². The molecule has 1 amide bonds. The van der Waals surface area contributed by atoms with Gasteiger partial charge < -0.3 is 10.4 Å². The smallest absolute Gasteiger partial charge is 0.254 e. The number of aliphatic hydroxyl groups excluding tert-OH is 1. The van der Waals surface area contributed by atoms with Crippen molar-refractivity contribution in [1.82, 2.24) is 20.1 Å². The van der Waals surface area contributed by atoms with Crippen LogP contribution in [0.15, 0.2) is 24.5 Å². The molecule has 0 aliphatic carbocycles. The zero-order chi connectivity index (χ0) is 15.2. The lowest BCUT2D eigenvalue weighted by Gasteiger charge is -2.04. The highest BCUT2D eigenvalue weighted by atomic mass is 19.1. The fraction of sp³-hybridized carbons (Fsp3) is 0.214. The van der Waals surface area contributed by atoms with Crippen molar-refractivity contribution >= 4 is 5.91 Å². The molecule has 2 rings (SSSR count). The van der Waals surface area contributed by atoms with E-state index in [9.17, 15) is 9.18 Å². The van der Waals surface area contributed by atoms with Gasteiger partial charge in [-0.2, -0.15) is 5.10 Å². The third kappa shape index (κ3) is 3.87. The standard InChI is InChI=1S/C14H13FN4O2/c1-19-9-17-13(18-19)8-16-14(21)11-7-10(3-2-6-20)4-5-12(11)15/h4-5,7,9,20H,6,8H2,1H3,(H,16,21). The number of nitrogens with zero attached hydrogens (tertiary/aromatic N) is 3. The first-order valence-corrected chi connectivity index (χ1v) is 6.12. The molecule has 1 heterocycles. The van der Waals surface area contributed by atoms with E-state index in [0.29, 0.717) is 11.4 Å². The van der Waals surface area contributed by atoms with Gasteiger partial charge in [-0.15, -0.1) is 0 Å². The molecule has 0 aliphatic rings. The van der Waals surface area contributed by atoms with E-state index in [-0.39, 0.29) is 18.7 Å². The summed E-state index contributed by atoms with van der Waals surface area (Å²) in [5.41, 5.74) is 0.335. The van der Waals surface area contributed by atoms with Crippen LogP contribution in [0, 0.1) is 17.7 Å². The van der Waals surface area contributed by atoms with Crippen LogP contribution < -0.4 is 5.32 Å². The number of rotatable bonds is 3. The zero-order valence-electron chi connectivity index (χ0n) is 11.3. The van der Waals surface area contributed by atoms with Crippen LogP contribution in [-0.2, 0) is 13.6 Å². The summed E-state index contributed by atoms with van der Waals surface area (Å²) in [5.74, 6) is 4.27. The Balaban J connectivity index is 2.10. The first-order chi connectivity index (χ1) is 10.1. The quantitative estimate of drug-likeness (QED) is 0.792. The fourth-order valence-electron chi connectivity index (χ4n) is 1.64. The molecule has 0 saturated heterocycles. The van der Waals surface area contributed by atoms with E-state index in [1.54, 1.807) is 7.05 Å². The normalized spacial score (nSPS) is 9.86. The third-order valence-electron chi connectivity index (χ3n) is 2.58. The predicted molar refractivity (Wildman–Crippen MR) is 72.5 cm³/mol. The number of carbonyl (C=O) groups is 1. The Labute approximate surface area is 120 Å². The maximum atomic E-state index is 13.7. The van der Waals surface area contributed by atoms with Crippen LogP contribution in [0.4, 0.5) is 4.39 Å². The molecule has 0 aliphatic heterocycles. The average molecular weight is 288 g/mol. The number of halogens is 1. The van der Waals surface area contributed by atoms with Gasteiger partial charge in [-0.1, -0.05) is 11.8 Å². The molecule has 0 radical (unpaired) electrons. The van der Waals surface area contributed by atoms with Crippen molar-refractivity contribution in [3.63, 3.8) is 0 Å². The molecule has 2 aromatic rings. The molecule has 0 bridgehead atoms. The highest BCUT2D eigenvalue weighted by Crippen LogP contribution is 2.10. The average Bonchev–Trinajstić information content (AvgIpc) is 2.89. The minimum atomic E-state index is -0.643. The number of benzene rings is 1. The summed E-state index contributed by atoms with van der Waals surface area (Å²) < 4.78 is 15.2. The van der Waals surface area contributed by atoms with E-state index < -0.39 is 11.7 Å². The largest absolute Gasteiger partial charge is 0.384 e. The van der Waals surface area contributed by atoms with E-state index in [2.05, 4.69) is 27.2 Å². The van der Waals surface area contributed by atoms with Crippen LogP contribution in [0.2, 0.25) is 0 Å². The Morgan fingerprint density at radius 2 is 2.33 bits per heavy atom. The molecular formula is C14H13FN4O2. The van der Waals surface area contributed by atoms with Gasteiger partial charge in [0.1, 0.15) is 18.8 Å². The molecular weight excluding hydrogens is 275 g/mol. The zero-order valence-corrected chi connectivity index (χ0v) is 11.3. The van der Waals surface area contributed by atoms with Crippen molar-refractivity contribution in [3.8, 4) is 11.8 Å². The molecule has 21 heavy (non-hydrogen) atoms. The van der Waals surface area contributed by atoms with E-state index >= 15 is 0 Å². The Hall–Kier alpha value is -2.72. The molecule has 0 fully saturated rings. The Morgan fingerprint density at radius 1 is 1.52 bits per heavy atom. The summed E-state index contributed by atoms with van der Waals surface area (Å²) in [5, 5.41) is 15.2. The van der Waals surface area contributed by atoms with Gasteiger partial charge in [0.25, 0.3) is 5.91 Å². The number of nitrogens with one attached hydrogen (secondary N) is 1. The molecule has 0 atom stereocenters. The summed E-state index contributed by atoms with van der Waals surface area (Å²) in [6.45, 7) is -0.199. The van der Waals surface area contributed by atoms with Crippen molar-refractivity contribution in [2.24, 2.45) is 7.05 Å². The molecule has 108 valence electrons. The number of hydrogen-bond donors (Lipinski definition) is 2. The van der Waals surface area contributed by atoms with Crippen molar-refractivity contribution in [2.75, 3.05) is 6.61 Å². The molecule has 6 nitrogen and oxygen atoms in total. The SMILES string of the molecule is Cn1cnc(CNC(=O)c2cc(C#CCO)ccc2F)n1. The first kappa shape index (κ1) is 14.7. The highest BCUT2D eigenvalue weighted by Gasteiger charge is 2.12. The molecule has 0 saturated carbocycles. The molecule has 1 aromatic heterocycles. The van der Waals surface area contributed by atoms with Crippen molar-refractivity contribution in [3.05, 3.63) is 47.3 Å². The lowest BCUT2D eigenvalue weighted by Crippen LogP contribution is -2.24. The monoisotopic (exact) mass is 288 g/mol. The van der Waals surface area contributed by atoms with Crippen LogP contribution in [0.25, 0.3) is 0 Å². The summed E-state index contributed by atoms with van der Waals surface area (Å²) >= 11 is 0. The first-order valence-electron chi connectivity index (χ1n) is 6.12. The second kappa shape index (κ2) is 6.63. The highest BCUT2D eigenvalue weighted by molar-refractivity contribution is 5.94. The maximum Gasteiger partial charge on any atom is 0.254 e. The number of hydrogen-bond acceptors (Lipinski definition) is 4. The van der Waals surface area contributed by atoms with E-state index in [1.165, 1.54) is 23.1 Å². The van der Waals surface area contributed by atoms with Gasteiger partial charge in [-0.25, -0.2) is 9.37 Å². The van der Waals surface area contributed by atoms with Crippen LogP contribution in [0.1, 0.15) is 21.7 Å². The van der Waals surface area contributed by atoms with Crippen LogP contribution in [0.5, 0.6) is 0 Å². The van der Waals surface area contributed by atoms with Gasteiger partial charge in [0.05, 0.1) is 12.1 Å². The summed E-state index contributed by atoms with van der Waals surface area (Å²) in [7, 11) is 1.71. The summed E-state index contributed by atoms with van der Waals surface area (Å²) in [6.07, 6.45) is 1.51. The molecule has 0 unspecified atom stereocenters. The van der Waals surface area contributed by atoms with Gasteiger partial charge in [0, 0.05) is 12.6 Å². The van der Waals surface area contributed by atoms with Crippen LogP contribution in [-0.4, -0.2) is 32.4 Å². The minimum Gasteiger partial charge on any atom is -0.384 e. The molecule has 0 spiro atoms. The lowest BCUT2D eigenvalue weighted by atomic mass is 10.1. The predicted octanol–water partition coefficient (Wildman–Crippen LogP) is 0.228. The Morgan fingerprint density at radius 3 is 3.00 bits per heavy atom. The Bertz CT molecular complexity index is 715. The minimum absolute atomic E-state index is 0.103. The third-order valence-corrected chi connectivity index (χ3v) is 2.58. The lowest BCUT2D eigenvalue weighted by molar-refractivity contribution is 0.0945. The maximum absolute atomic E-state index is 13.7. The van der Waals surface area contributed by atoms with Crippen LogP contribution in [0.3, 0.4) is 0 Å².